The smallest absolute Gasteiger partial charge is 0.283 e. The number of nitrogens with zero attached hydrogens (tertiary/aromatic N) is 3. The summed E-state index contributed by atoms with van der Waals surface area (Å²) in [5.41, 5.74) is -0.0272. The maximum absolute atomic E-state index is 12.2. The molecule has 21 heavy (non-hydrogen) atoms. The number of aryl methyl sites for hydroxylation is 1. The molecule has 0 aliphatic carbocycles. The third-order valence-corrected chi connectivity index (χ3v) is 4.27. The van der Waals surface area contributed by atoms with Gasteiger partial charge >= 0.3 is 0 Å². The van der Waals surface area contributed by atoms with Crippen LogP contribution in [-0.2, 0) is 0 Å². The summed E-state index contributed by atoms with van der Waals surface area (Å²) >= 11 is 1.11. The molecule has 0 saturated carbocycles. The van der Waals surface area contributed by atoms with Crippen molar-refractivity contribution in [1.29, 1.82) is 0 Å². The summed E-state index contributed by atoms with van der Waals surface area (Å²) in [4.78, 5) is 23.4. The Labute approximate surface area is 125 Å². The molecule has 2 aromatic heterocycles. The first-order valence-electron chi connectivity index (χ1n) is 6.53. The quantitative estimate of drug-likeness (QED) is 0.677. The number of carbonyl (C=O) groups excluding carboxylic acids is 1. The Kier molecular flexibility index (Phi) is 4.37. The van der Waals surface area contributed by atoms with Crippen LogP contribution in [0.25, 0.3) is 0 Å². The van der Waals surface area contributed by atoms with Crippen molar-refractivity contribution in [3.63, 3.8) is 0 Å². The van der Waals surface area contributed by atoms with Gasteiger partial charge in [-0.1, -0.05) is 6.92 Å². The summed E-state index contributed by atoms with van der Waals surface area (Å²) in [6, 6.07) is 3.17. The zero-order chi connectivity index (χ0) is 15.6. The number of hydrogen-bond donors (Lipinski definition) is 1. The second-order valence-corrected chi connectivity index (χ2v) is 5.94. The van der Waals surface area contributed by atoms with Crippen LogP contribution in [0.15, 0.2) is 18.3 Å². The molecule has 2 heterocycles. The van der Waals surface area contributed by atoms with Crippen LogP contribution in [-0.4, -0.2) is 20.6 Å². The van der Waals surface area contributed by atoms with Gasteiger partial charge in [0.1, 0.15) is 5.82 Å². The molecule has 8 heteroatoms. The molecule has 0 spiro atoms. The molecular weight excluding hydrogens is 292 g/mol. The first kappa shape index (κ1) is 15.2. The van der Waals surface area contributed by atoms with Crippen LogP contribution >= 0.6 is 11.3 Å². The van der Waals surface area contributed by atoms with E-state index in [-0.39, 0.29) is 17.6 Å². The van der Waals surface area contributed by atoms with E-state index in [2.05, 4.69) is 10.4 Å². The van der Waals surface area contributed by atoms with Gasteiger partial charge in [0.25, 0.3) is 11.6 Å². The Hall–Kier alpha value is -2.22. The Morgan fingerprint density at radius 2 is 2.33 bits per heavy atom. The Bertz CT molecular complexity index is 677. The average molecular weight is 308 g/mol. The fourth-order valence-electron chi connectivity index (χ4n) is 1.88. The largest absolute Gasteiger partial charge is 0.306 e. The SMILES string of the molecule is CCC(C)n1nccc1NC(=O)c1cc([N+](=O)[O-])c(C)s1. The topological polar surface area (TPSA) is 90.1 Å². The van der Waals surface area contributed by atoms with E-state index in [4.69, 9.17) is 0 Å². The van der Waals surface area contributed by atoms with E-state index >= 15 is 0 Å². The van der Waals surface area contributed by atoms with Crippen LogP contribution in [0.4, 0.5) is 11.5 Å². The van der Waals surface area contributed by atoms with Crippen LogP contribution in [0.2, 0.25) is 0 Å². The van der Waals surface area contributed by atoms with E-state index in [1.54, 1.807) is 23.9 Å². The molecule has 112 valence electrons. The molecule has 0 radical (unpaired) electrons. The fraction of sp³-hybridized carbons (Fsp3) is 0.385. The van der Waals surface area contributed by atoms with Crippen molar-refractivity contribution >= 4 is 28.7 Å². The van der Waals surface area contributed by atoms with E-state index < -0.39 is 4.92 Å². The molecule has 1 N–H and O–H groups in total. The predicted molar refractivity (Wildman–Crippen MR) is 80.9 cm³/mol. The number of thiophene rings is 1. The Morgan fingerprint density at radius 3 is 2.90 bits per heavy atom. The molecule has 2 aromatic rings. The lowest BCUT2D eigenvalue weighted by atomic mass is 10.3. The number of nitro groups is 1. The number of aromatic nitrogens is 2. The Balaban J connectivity index is 2.21. The lowest BCUT2D eigenvalue weighted by molar-refractivity contribution is -0.385. The van der Waals surface area contributed by atoms with E-state index in [0.29, 0.717) is 15.6 Å². The minimum absolute atomic E-state index is 0.0272. The molecule has 1 unspecified atom stereocenters. The highest BCUT2D eigenvalue weighted by molar-refractivity contribution is 7.14. The van der Waals surface area contributed by atoms with E-state index in [1.165, 1.54) is 6.07 Å². The molecule has 0 aromatic carbocycles. The number of hydrogen-bond acceptors (Lipinski definition) is 5. The van der Waals surface area contributed by atoms with Crippen molar-refractivity contribution in [2.24, 2.45) is 0 Å². The van der Waals surface area contributed by atoms with Gasteiger partial charge in [0, 0.05) is 12.1 Å². The van der Waals surface area contributed by atoms with Crippen LogP contribution in [0.3, 0.4) is 0 Å². The van der Waals surface area contributed by atoms with Gasteiger partial charge in [0.05, 0.1) is 26.9 Å². The third kappa shape index (κ3) is 3.10. The molecule has 1 amide bonds. The van der Waals surface area contributed by atoms with Gasteiger partial charge in [-0.3, -0.25) is 14.9 Å². The van der Waals surface area contributed by atoms with Crippen molar-refractivity contribution in [2.45, 2.75) is 33.2 Å². The highest BCUT2D eigenvalue weighted by Crippen LogP contribution is 2.28. The van der Waals surface area contributed by atoms with Crippen molar-refractivity contribution < 1.29 is 9.72 Å². The summed E-state index contributed by atoms with van der Waals surface area (Å²) in [5, 5.41) is 17.8. The van der Waals surface area contributed by atoms with Gasteiger partial charge in [-0.25, -0.2) is 4.68 Å². The van der Waals surface area contributed by atoms with E-state index in [9.17, 15) is 14.9 Å². The van der Waals surface area contributed by atoms with E-state index in [1.807, 2.05) is 13.8 Å². The zero-order valence-electron chi connectivity index (χ0n) is 12.0. The first-order chi connectivity index (χ1) is 9.93. The minimum atomic E-state index is -0.480. The average Bonchev–Trinajstić information content (AvgIpc) is 3.04. The lowest BCUT2D eigenvalue weighted by Crippen LogP contribution is -2.16. The molecule has 0 fully saturated rings. The van der Waals surface area contributed by atoms with Crippen molar-refractivity contribution in [2.75, 3.05) is 5.32 Å². The van der Waals surface area contributed by atoms with Gasteiger partial charge in [-0.15, -0.1) is 11.3 Å². The summed E-state index contributed by atoms with van der Waals surface area (Å²) in [5.74, 6) is 0.226. The lowest BCUT2D eigenvalue weighted by Gasteiger charge is -2.13. The van der Waals surface area contributed by atoms with Gasteiger partial charge in [-0.05, 0) is 20.3 Å². The molecule has 2 rings (SSSR count). The number of anilines is 1. The maximum atomic E-state index is 12.2. The van der Waals surface area contributed by atoms with Crippen LogP contribution in [0, 0.1) is 17.0 Å². The first-order valence-corrected chi connectivity index (χ1v) is 7.35. The number of carbonyl (C=O) groups is 1. The maximum Gasteiger partial charge on any atom is 0.283 e. The third-order valence-electron chi connectivity index (χ3n) is 3.23. The molecule has 0 aliphatic rings. The van der Waals surface area contributed by atoms with Gasteiger partial charge < -0.3 is 5.32 Å². The highest BCUT2D eigenvalue weighted by atomic mass is 32.1. The second-order valence-electron chi connectivity index (χ2n) is 4.68. The van der Waals surface area contributed by atoms with Crippen molar-refractivity contribution in [3.05, 3.63) is 38.2 Å². The van der Waals surface area contributed by atoms with Crippen molar-refractivity contribution in [1.82, 2.24) is 9.78 Å². The highest BCUT2D eigenvalue weighted by Gasteiger charge is 2.20. The normalized spacial score (nSPS) is 12.1. The van der Waals surface area contributed by atoms with Gasteiger partial charge in [-0.2, -0.15) is 5.10 Å². The van der Waals surface area contributed by atoms with Gasteiger partial charge in [0.15, 0.2) is 0 Å². The van der Waals surface area contributed by atoms with Gasteiger partial charge in [0.2, 0.25) is 0 Å². The molecule has 7 nitrogen and oxygen atoms in total. The van der Waals surface area contributed by atoms with Crippen molar-refractivity contribution in [3.8, 4) is 0 Å². The predicted octanol–water partition coefficient (Wildman–Crippen LogP) is 3.38. The number of rotatable bonds is 5. The molecule has 0 aliphatic heterocycles. The minimum Gasteiger partial charge on any atom is -0.306 e. The molecule has 0 bridgehead atoms. The molecule has 0 saturated heterocycles. The van der Waals surface area contributed by atoms with Crippen LogP contribution < -0.4 is 5.32 Å². The summed E-state index contributed by atoms with van der Waals surface area (Å²) in [6.45, 7) is 5.66. The summed E-state index contributed by atoms with van der Waals surface area (Å²) in [7, 11) is 0. The Morgan fingerprint density at radius 1 is 1.62 bits per heavy atom. The number of amides is 1. The monoisotopic (exact) mass is 308 g/mol. The fourth-order valence-corrected chi connectivity index (χ4v) is 2.76. The second kappa shape index (κ2) is 6.04. The van der Waals surface area contributed by atoms with Crippen LogP contribution in [0.5, 0.6) is 0 Å². The standard InChI is InChI=1S/C13H16N4O3S/c1-4-8(2)16-12(5-6-14-16)15-13(18)11-7-10(17(19)20)9(3)21-11/h5-8H,4H2,1-3H3,(H,15,18). The summed E-state index contributed by atoms with van der Waals surface area (Å²) < 4.78 is 1.73. The summed E-state index contributed by atoms with van der Waals surface area (Å²) in [6.07, 6.45) is 2.50. The number of nitrogens with one attached hydrogen (secondary N) is 1. The zero-order valence-corrected chi connectivity index (χ0v) is 12.8. The van der Waals surface area contributed by atoms with E-state index in [0.717, 1.165) is 17.8 Å². The molecule has 1 atom stereocenters. The molecular formula is C13H16N4O3S. The van der Waals surface area contributed by atoms with Crippen LogP contribution in [0.1, 0.15) is 40.9 Å².